The van der Waals surface area contributed by atoms with Crippen molar-refractivity contribution in [1.29, 1.82) is 0 Å². The lowest BCUT2D eigenvalue weighted by atomic mass is 10.2. The molecule has 16 heavy (non-hydrogen) atoms. The van der Waals surface area contributed by atoms with Crippen LogP contribution in [0.15, 0.2) is 24.3 Å². The molecular weight excluding hydrogens is 202 g/mol. The zero-order chi connectivity index (χ0) is 11.8. The Morgan fingerprint density at radius 1 is 1.31 bits per heavy atom. The third-order valence-corrected chi connectivity index (χ3v) is 2.12. The van der Waals surface area contributed by atoms with Gasteiger partial charge in [0.25, 0.3) is 0 Å². The third-order valence-electron chi connectivity index (χ3n) is 2.12. The molecule has 0 bridgehead atoms. The summed E-state index contributed by atoms with van der Waals surface area (Å²) in [4.78, 5) is 0. The highest BCUT2D eigenvalue weighted by atomic mass is 16.5. The summed E-state index contributed by atoms with van der Waals surface area (Å²) in [5, 5.41) is 3.32. The van der Waals surface area contributed by atoms with Gasteiger partial charge in [0.1, 0.15) is 0 Å². The van der Waals surface area contributed by atoms with Crippen LogP contribution in [0.2, 0.25) is 0 Å². The van der Waals surface area contributed by atoms with Gasteiger partial charge in [0.2, 0.25) is 0 Å². The summed E-state index contributed by atoms with van der Waals surface area (Å²) >= 11 is 0. The van der Waals surface area contributed by atoms with Gasteiger partial charge in [0.15, 0.2) is 0 Å². The number of ether oxygens (including phenoxy) is 2. The molecule has 3 nitrogen and oxygen atoms in total. The van der Waals surface area contributed by atoms with Gasteiger partial charge >= 0.3 is 0 Å². The zero-order valence-corrected chi connectivity index (χ0v) is 10.3. The Morgan fingerprint density at radius 3 is 2.81 bits per heavy atom. The van der Waals surface area contributed by atoms with Crippen molar-refractivity contribution in [2.45, 2.75) is 26.6 Å². The molecule has 1 aromatic carbocycles. The summed E-state index contributed by atoms with van der Waals surface area (Å²) in [7, 11) is 1.70. The maximum absolute atomic E-state index is 5.45. The number of hydrogen-bond acceptors (Lipinski definition) is 3. The maximum Gasteiger partial charge on any atom is 0.0713 e. The monoisotopic (exact) mass is 223 g/mol. The van der Waals surface area contributed by atoms with Crippen molar-refractivity contribution in [3.05, 3.63) is 29.8 Å². The van der Waals surface area contributed by atoms with Crippen LogP contribution in [0.5, 0.6) is 0 Å². The first-order chi connectivity index (χ1) is 7.72. The molecule has 0 saturated carbocycles. The second-order valence-electron chi connectivity index (χ2n) is 3.98. The van der Waals surface area contributed by atoms with E-state index in [0.717, 1.165) is 18.8 Å². The number of anilines is 1. The average Bonchev–Trinajstić information content (AvgIpc) is 2.25. The van der Waals surface area contributed by atoms with Gasteiger partial charge in [-0.25, -0.2) is 0 Å². The second kappa shape index (κ2) is 7.25. The number of methoxy groups -OCH3 is 1. The normalized spacial score (nSPS) is 10.8. The van der Waals surface area contributed by atoms with E-state index < -0.39 is 0 Å². The van der Waals surface area contributed by atoms with E-state index in [1.165, 1.54) is 5.56 Å². The molecule has 0 atom stereocenters. The molecular formula is C13H21NO2. The lowest BCUT2D eigenvalue weighted by Crippen LogP contribution is -2.13. The van der Waals surface area contributed by atoms with Crippen LogP contribution in [-0.2, 0) is 16.1 Å². The highest BCUT2D eigenvalue weighted by molar-refractivity contribution is 5.45. The van der Waals surface area contributed by atoms with Gasteiger partial charge in [0, 0.05) is 19.3 Å². The quantitative estimate of drug-likeness (QED) is 0.721. The van der Waals surface area contributed by atoms with Gasteiger partial charge in [0.05, 0.1) is 19.3 Å². The maximum atomic E-state index is 5.45. The van der Waals surface area contributed by atoms with E-state index in [1.54, 1.807) is 7.11 Å². The van der Waals surface area contributed by atoms with E-state index in [0.29, 0.717) is 12.7 Å². The van der Waals surface area contributed by atoms with Crippen LogP contribution in [0.1, 0.15) is 19.4 Å². The van der Waals surface area contributed by atoms with Crippen LogP contribution in [0, 0.1) is 0 Å². The summed E-state index contributed by atoms with van der Waals surface area (Å²) < 4.78 is 10.5. The van der Waals surface area contributed by atoms with Gasteiger partial charge in [-0.15, -0.1) is 0 Å². The topological polar surface area (TPSA) is 30.5 Å². The first-order valence-corrected chi connectivity index (χ1v) is 5.65. The predicted molar refractivity (Wildman–Crippen MR) is 66.7 cm³/mol. The van der Waals surface area contributed by atoms with Crippen LogP contribution >= 0.6 is 0 Å². The fourth-order valence-corrected chi connectivity index (χ4v) is 1.43. The van der Waals surface area contributed by atoms with Gasteiger partial charge in [-0.05, 0) is 31.5 Å². The number of benzene rings is 1. The van der Waals surface area contributed by atoms with E-state index in [2.05, 4.69) is 23.5 Å². The lowest BCUT2D eigenvalue weighted by Gasteiger charge is -2.10. The highest BCUT2D eigenvalue weighted by Gasteiger charge is 1.96. The van der Waals surface area contributed by atoms with Crippen molar-refractivity contribution >= 4 is 5.69 Å². The number of hydrogen-bond donors (Lipinski definition) is 1. The molecule has 1 N–H and O–H groups in total. The fourth-order valence-electron chi connectivity index (χ4n) is 1.43. The van der Waals surface area contributed by atoms with Gasteiger partial charge in [-0.3, -0.25) is 0 Å². The molecule has 3 heteroatoms. The molecule has 0 aliphatic heterocycles. The second-order valence-corrected chi connectivity index (χ2v) is 3.98. The Labute approximate surface area is 97.8 Å². The van der Waals surface area contributed by atoms with E-state index in [-0.39, 0.29) is 0 Å². The van der Waals surface area contributed by atoms with Crippen molar-refractivity contribution in [3.8, 4) is 0 Å². The van der Waals surface area contributed by atoms with Crippen molar-refractivity contribution in [2.24, 2.45) is 0 Å². The number of nitrogens with one attached hydrogen (secondary N) is 1. The van der Waals surface area contributed by atoms with Crippen LogP contribution < -0.4 is 5.32 Å². The van der Waals surface area contributed by atoms with Gasteiger partial charge in [-0.1, -0.05) is 12.1 Å². The minimum atomic E-state index is 0.293. The largest absolute Gasteiger partial charge is 0.383 e. The molecule has 0 radical (unpaired) electrons. The first kappa shape index (κ1) is 13.0. The summed E-state index contributed by atoms with van der Waals surface area (Å²) in [5.74, 6) is 0. The number of rotatable bonds is 7. The molecule has 1 aromatic rings. The molecule has 0 aliphatic carbocycles. The Morgan fingerprint density at radius 2 is 2.12 bits per heavy atom. The van der Waals surface area contributed by atoms with Crippen molar-refractivity contribution in [3.63, 3.8) is 0 Å². The molecule has 0 unspecified atom stereocenters. The lowest BCUT2D eigenvalue weighted by molar-refractivity contribution is 0.0870. The van der Waals surface area contributed by atoms with E-state index >= 15 is 0 Å². The smallest absolute Gasteiger partial charge is 0.0713 e. The fraction of sp³-hybridized carbons (Fsp3) is 0.538. The van der Waals surface area contributed by atoms with Crippen LogP contribution in [0.25, 0.3) is 0 Å². The molecule has 0 saturated heterocycles. The standard InChI is InChI=1S/C13H21NO2/c1-11(2)16-8-7-14-13-6-4-5-12(9-13)10-15-3/h4-6,9,11,14H,7-8,10H2,1-3H3. The predicted octanol–water partition coefficient (Wildman–Crippen LogP) is 2.67. The first-order valence-electron chi connectivity index (χ1n) is 5.65. The average molecular weight is 223 g/mol. The molecule has 0 heterocycles. The van der Waals surface area contributed by atoms with Crippen molar-refractivity contribution < 1.29 is 9.47 Å². The summed E-state index contributed by atoms with van der Waals surface area (Å²) in [6.07, 6.45) is 0.293. The molecule has 0 amide bonds. The van der Waals surface area contributed by atoms with E-state index in [4.69, 9.17) is 9.47 Å². The molecule has 0 spiro atoms. The van der Waals surface area contributed by atoms with Crippen molar-refractivity contribution in [2.75, 3.05) is 25.6 Å². The summed E-state index contributed by atoms with van der Waals surface area (Å²) in [6, 6.07) is 8.23. The Bertz CT molecular complexity index is 300. The highest BCUT2D eigenvalue weighted by Crippen LogP contribution is 2.10. The summed E-state index contributed by atoms with van der Waals surface area (Å²) in [5.41, 5.74) is 2.29. The van der Waals surface area contributed by atoms with Crippen molar-refractivity contribution in [1.82, 2.24) is 0 Å². The zero-order valence-electron chi connectivity index (χ0n) is 10.3. The van der Waals surface area contributed by atoms with E-state index in [1.807, 2.05) is 19.9 Å². The van der Waals surface area contributed by atoms with Crippen LogP contribution in [0.4, 0.5) is 5.69 Å². The van der Waals surface area contributed by atoms with Gasteiger partial charge < -0.3 is 14.8 Å². The van der Waals surface area contributed by atoms with Crippen LogP contribution in [-0.4, -0.2) is 26.4 Å². The van der Waals surface area contributed by atoms with Gasteiger partial charge in [-0.2, -0.15) is 0 Å². The molecule has 1 rings (SSSR count). The molecule has 0 fully saturated rings. The Balaban J connectivity index is 2.33. The SMILES string of the molecule is COCc1cccc(NCCOC(C)C)c1. The Kier molecular flexibility index (Phi) is 5.90. The molecule has 90 valence electrons. The molecule has 0 aromatic heterocycles. The van der Waals surface area contributed by atoms with E-state index in [9.17, 15) is 0 Å². The molecule has 0 aliphatic rings. The third kappa shape index (κ3) is 5.14. The van der Waals surface area contributed by atoms with Crippen LogP contribution in [0.3, 0.4) is 0 Å². The minimum absolute atomic E-state index is 0.293. The minimum Gasteiger partial charge on any atom is -0.383 e. The Hall–Kier alpha value is -1.06. The summed E-state index contributed by atoms with van der Waals surface area (Å²) in [6.45, 7) is 6.29.